The van der Waals surface area contributed by atoms with Gasteiger partial charge >= 0.3 is 12.1 Å². The van der Waals surface area contributed by atoms with Crippen LogP contribution in [-0.2, 0) is 15.7 Å². The van der Waals surface area contributed by atoms with Crippen LogP contribution in [0.25, 0.3) is 6.08 Å². The van der Waals surface area contributed by atoms with Crippen molar-refractivity contribution in [1.29, 1.82) is 0 Å². The Hall–Kier alpha value is -1.49. The highest BCUT2D eigenvalue weighted by atomic mass is 35.5. The topological polar surface area (TPSA) is 26.3 Å². The van der Waals surface area contributed by atoms with Crippen LogP contribution in [0.3, 0.4) is 0 Å². The first-order valence-corrected chi connectivity index (χ1v) is 4.85. The van der Waals surface area contributed by atoms with Crippen molar-refractivity contribution in [1.82, 2.24) is 0 Å². The Morgan fingerprint density at radius 3 is 2.59 bits per heavy atom. The Bertz CT molecular complexity index is 453. The first-order valence-electron chi connectivity index (χ1n) is 4.47. The van der Waals surface area contributed by atoms with E-state index in [1.165, 1.54) is 19.3 Å². The molecule has 1 aromatic rings. The van der Waals surface area contributed by atoms with Crippen molar-refractivity contribution in [3.05, 3.63) is 40.4 Å². The molecule has 0 aliphatic heterocycles. The number of rotatable bonds is 2. The number of alkyl halides is 3. The molecule has 0 spiro atoms. The lowest BCUT2D eigenvalue weighted by atomic mass is 10.1. The molecule has 2 nitrogen and oxygen atoms in total. The molecule has 0 saturated heterocycles. The van der Waals surface area contributed by atoms with Gasteiger partial charge in [-0.2, -0.15) is 13.2 Å². The summed E-state index contributed by atoms with van der Waals surface area (Å²) in [6.07, 6.45) is -2.27. The Kier molecular flexibility index (Phi) is 4.17. The number of hydrogen-bond donors (Lipinski definition) is 0. The van der Waals surface area contributed by atoms with Gasteiger partial charge in [0, 0.05) is 6.08 Å². The van der Waals surface area contributed by atoms with Gasteiger partial charge in [0.1, 0.15) is 0 Å². The number of halogens is 4. The zero-order valence-corrected chi connectivity index (χ0v) is 9.47. The van der Waals surface area contributed by atoms with Crippen molar-refractivity contribution in [2.45, 2.75) is 6.18 Å². The van der Waals surface area contributed by atoms with Crippen molar-refractivity contribution >= 4 is 23.6 Å². The van der Waals surface area contributed by atoms with Gasteiger partial charge in [-0.05, 0) is 23.8 Å². The SMILES string of the molecule is COC(=O)/C=C/c1ccc(Cl)c(C(F)(F)F)c1. The van der Waals surface area contributed by atoms with Crippen molar-refractivity contribution in [3.8, 4) is 0 Å². The lowest BCUT2D eigenvalue weighted by Crippen LogP contribution is -2.06. The van der Waals surface area contributed by atoms with Gasteiger partial charge in [-0.25, -0.2) is 4.79 Å². The van der Waals surface area contributed by atoms with E-state index in [-0.39, 0.29) is 10.6 Å². The predicted molar refractivity (Wildman–Crippen MR) is 57.5 cm³/mol. The van der Waals surface area contributed by atoms with E-state index in [9.17, 15) is 18.0 Å². The van der Waals surface area contributed by atoms with E-state index in [4.69, 9.17) is 11.6 Å². The van der Waals surface area contributed by atoms with Crippen LogP contribution in [0.5, 0.6) is 0 Å². The van der Waals surface area contributed by atoms with Gasteiger partial charge in [-0.1, -0.05) is 17.7 Å². The van der Waals surface area contributed by atoms with Crippen LogP contribution in [0.1, 0.15) is 11.1 Å². The number of methoxy groups -OCH3 is 1. The average molecular weight is 265 g/mol. The molecule has 0 unspecified atom stereocenters. The third kappa shape index (κ3) is 3.78. The van der Waals surface area contributed by atoms with Gasteiger partial charge in [-0.15, -0.1) is 0 Å². The standard InChI is InChI=1S/C11H8ClF3O2/c1-17-10(16)5-3-7-2-4-9(12)8(6-7)11(13,14)15/h2-6H,1H3/b5-3+. The molecule has 0 aromatic heterocycles. The Labute approximate surface area is 101 Å². The fourth-order valence-electron chi connectivity index (χ4n) is 1.10. The molecule has 0 saturated carbocycles. The Morgan fingerprint density at radius 2 is 2.06 bits per heavy atom. The van der Waals surface area contributed by atoms with Crippen LogP contribution < -0.4 is 0 Å². The van der Waals surface area contributed by atoms with Crippen LogP contribution >= 0.6 is 11.6 Å². The molecular weight excluding hydrogens is 257 g/mol. The molecular formula is C11H8ClF3O2. The lowest BCUT2D eigenvalue weighted by molar-refractivity contribution is -0.137. The molecule has 17 heavy (non-hydrogen) atoms. The molecule has 0 radical (unpaired) electrons. The molecule has 0 aliphatic rings. The summed E-state index contributed by atoms with van der Waals surface area (Å²) in [5.74, 6) is -0.645. The first kappa shape index (κ1) is 13.6. The van der Waals surface area contributed by atoms with Crippen LogP contribution in [0, 0.1) is 0 Å². The summed E-state index contributed by atoms with van der Waals surface area (Å²) in [6.45, 7) is 0. The second-order valence-corrected chi connectivity index (χ2v) is 3.50. The maximum Gasteiger partial charge on any atom is 0.417 e. The Balaban J connectivity index is 3.05. The van der Waals surface area contributed by atoms with Crippen LogP contribution in [-0.4, -0.2) is 13.1 Å². The molecule has 6 heteroatoms. The summed E-state index contributed by atoms with van der Waals surface area (Å²) in [5.41, 5.74) is -0.724. The van der Waals surface area contributed by atoms with Gasteiger partial charge in [-0.3, -0.25) is 0 Å². The first-order chi connectivity index (χ1) is 7.84. The number of carbonyl (C=O) groups excluding carboxylic acids is 1. The van der Waals surface area contributed by atoms with Gasteiger partial charge < -0.3 is 4.74 Å². The summed E-state index contributed by atoms with van der Waals surface area (Å²) in [5, 5.41) is -0.382. The molecule has 0 amide bonds. The minimum Gasteiger partial charge on any atom is -0.466 e. The smallest absolute Gasteiger partial charge is 0.417 e. The fourth-order valence-corrected chi connectivity index (χ4v) is 1.32. The number of ether oxygens (including phenoxy) is 1. The second-order valence-electron chi connectivity index (χ2n) is 3.09. The predicted octanol–water partition coefficient (Wildman–Crippen LogP) is 3.55. The fraction of sp³-hybridized carbons (Fsp3) is 0.182. The highest BCUT2D eigenvalue weighted by molar-refractivity contribution is 6.31. The van der Waals surface area contributed by atoms with Crippen LogP contribution in [0.4, 0.5) is 13.2 Å². The van der Waals surface area contributed by atoms with Gasteiger partial charge in [0.15, 0.2) is 0 Å². The highest BCUT2D eigenvalue weighted by Gasteiger charge is 2.33. The van der Waals surface area contributed by atoms with E-state index in [0.29, 0.717) is 0 Å². The summed E-state index contributed by atoms with van der Waals surface area (Å²) < 4.78 is 41.8. The van der Waals surface area contributed by atoms with E-state index in [1.54, 1.807) is 0 Å². The number of benzene rings is 1. The summed E-state index contributed by atoms with van der Waals surface area (Å²) >= 11 is 5.44. The molecule has 0 fully saturated rings. The monoisotopic (exact) mass is 264 g/mol. The van der Waals surface area contributed by atoms with Crippen LogP contribution in [0.15, 0.2) is 24.3 Å². The van der Waals surface area contributed by atoms with Crippen molar-refractivity contribution < 1.29 is 22.7 Å². The molecule has 92 valence electrons. The molecule has 0 atom stereocenters. The third-order valence-corrected chi connectivity index (χ3v) is 2.24. The van der Waals surface area contributed by atoms with E-state index in [2.05, 4.69) is 4.74 Å². The average Bonchev–Trinajstić information content (AvgIpc) is 2.26. The van der Waals surface area contributed by atoms with Crippen molar-refractivity contribution in [2.75, 3.05) is 7.11 Å². The largest absolute Gasteiger partial charge is 0.466 e. The van der Waals surface area contributed by atoms with Gasteiger partial charge in [0.2, 0.25) is 0 Å². The molecule has 0 N–H and O–H groups in total. The van der Waals surface area contributed by atoms with Crippen molar-refractivity contribution in [3.63, 3.8) is 0 Å². The van der Waals surface area contributed by atoms with E-state index < -0.39 is 17.7 Å². The summed E-state index contributed by atoms with van der Waals surface area (Å²) in [6, 6.07) is 3.36. The van der Waals surface area contributed by atoms with Crippen molar-refractivity contribution in [2.24, 2.45) is 0 Å². The van der Waals surface area contributed by atoms with Crippen LogP contribution in [0.2, 0.25) is 5.02 Å². The zero-order chi connectivity index (χ0) is 13.1. The minimum absolute atomic E-state index is 0.215. The quantitative estimate of drug-likeness (QED) is 0.603. The normalized spacial score (nSPS) is 11.8. The maximum absolute atomic E-state index is 12.5. The Morgan fingerprint density at radius 1 is 1.41 bits per heavy atom. The molecule has 0 aliphatic carbocycles. The van der Waals surface area contributed by atoms with E-state index in [0.717, 1.165) is 18.2 Å². The molecule has 0 heterocycles. The summed E-state index contributed by atoms with van der Waals surface area (Å²) in [4.78, 5) is 10.8. The minimum atomic E-state index is -4.52. The van der Waals surface area contributed by atoms with E-state index >= 15 is 0 Å². The zero-order valence-electron chi connectivity index (χ0n) is 8.72. The lowest BCUT2D eigenvalue weighted by Gasteiger charge is -2.09. The number of esters is 1. The third-order valence-electron chi connectivity index (χ3n) is 1.91. The number of carbonyl (C=O) groups is 1. The molecule has 1 aromatic carbocycles. The summed E-state index contributed by atoms with van der Waals surface area (Å²) in [7, 11) is 1.18. The van der Waals surface area contributed by atoms with E-state index in [1.807, 2.05) is 0 Å². The molecule has 1 rings (SSSR count). The van der Waals surface area contributed by atoms with Gasteiger partial charge in [0.05, 0.1) is 17.7 Å². The second kappa shape index (κ2) is 5.23. The molecule has 0 bridgehead atoms. The number of hydrogen-bond acceptors (Lipinski definition) is 2. The highest BCUT2D eigenvalue weighted by Crippen LogP contribution is 2.35. The maximum atomic E-state index is 12.5. The van der Waals surface area contributed by atoms with Gasteiger partial charge in [0.25, 0.3) is 0 Å².